The molecule has 5 atom stereocenters. The predicted octanol–water partition coefficient (Wildman–Crippen LogP) is 4.62. The van der Waals surface area contributed by atoms with E-state index >= 15 is 0 Å². The van der Waals surface area contributed by atoms with Crippen molar-refractivity contribution in [3.63, 3.8) is 0 Å². The van der Waals surface area contributed by atoms with Crippen LogP contribution in [0.3, 0.4) is 0 Å². The number of aliphatic carboxylic acids is 2. The summed E-state index contributed by atoms with van der Waals surface area (Å²) in [4.78, 5) is 32.8. The van der Waals surface area contributed by atoms with E-state index < -0.39 is 11.9 Å². The van der Waals surface area contributed by atoms with E-state index in [-0.39, 0.29) is 48.4 Å². The molecule has 1 unspecified atom stereocenters. The molecule has 0 amide bonds. The van der Waals surface area contributed by atoms with Crippen molar-refractivity contribution in [1.82, 2.24) is 0 Å². The van der Waals surface area contributed by atoms with E-state index in [4.69, 9.17) is 10.2 Å². The van der Waals surface area contributed by atoms with Crippen LogP contribution in [0.15, 0.2) is 24.3 Å². The number of ketones is 1. The van der Waals surface area contributed by atoms with Crippen molar-refractivity contribution in [2.75, 3.05) is 0 Å². The molecule has 2 saturated carbocycles. The minimum Gasteiger partial charge on any atom is -0.481 e. The monoisotopic (exact) mass is 422 g/mol. The average Bonchev–Trinajstić information content (AvgIpc) is 3.19. The maximum Gasteiger partial charge on any atom is 0.303 e. The zero-order valence-corrected chi connectivity index (χ0v) is 18.3. The number of aliphatic hydroxyl groups excluding tert-OH is 1. The minimum atomic E-state index is -0.792. The van der Waals surface area contributed by atoms with Crippen LogP contribution in [0.1, 0.15) is 78.1 Å². The number of carbonyl (C=O) groups is 3. The first kappa shape index (κ1) is 26.1. The first-order valence-electron chi connectivity index (χ1n) is 11.2. The van der Waals surface area contributed by atoms with E-state index in [2.05, 4.69) is 19.1 Å². The predicted molar refractivity (Wildman–Crippen MR) is 116 cm³/mol. The third-order valence-electron chi connectivity index (χ3n) is 6.15. The molecule has 0 radical (unpaired) electrons. The Morgan fingerprint density at radius 2 is 1.43 bits per heavy atom. The Hall–Kier alpha value is -1.95. The maximum absolute atomic E-state index is 11.5. The SMILES string of the molecule is CC/C=C\C[C@H]1C(=O)CC[C@@H]1CC(=O)O.CC/C=C\C[C@H]1C(O)CC[C@@H]1CC(=O)O. The average molecular weight is 423 g/mol. The molecule has 30 heavy (non-hydrogen) atoms. The van der Waals surface area contributed by atoms with Gasteiger partial charge < -0.3 is 15.3 Å². The van der Waals surface area contributed by atoms with E-state index in [1.807, 2.05) is 19.1 Å². The Balaban J connectivity index is 0.000000300. The summed E-state index contributed by atoms with van der Waals surface area (Å²) in [6.45, 7) is 4.11. The number of rotatable bonds is 10. The number of aliphatic hydroxyl groups is 1. The summed E-state index contributed by atoms with van der Waals surface area (Å²) >= 11 is 0. The summed E-state index contributed by atoms with van der Waals surface area (Å²) < 4.78 is 0. The topological polar surface area (TPSA) is 112 Å². The summed E-state index contributed by atoms with van der Waals surface area (Å²) in [5.41, 5.74) is 0. The maximum atomic E-state index is 11.5. The van der Waals surface area contributed by atoms with Gasteiger partial charge in [-0.25, -0.2) is 0 Å². The number of carboxylic acids is 2. The third-order valence-corrected chi connectivity index (χ3v) is 6.15. The number of carbonyl (C=O) groups excluding carboxylic acids is 1. The molecule has 0 bridgehead atoms. The Morgan fingerprint density at radius 3 is 2.00 bits per heavy atom. The van der Waals surface area contributed by atoms with Gasteiger partial charge in [0.1, 0.15) is 5.78 Å². The number of carboxylic acid groups (broad SMARTS) is 2. The van der Waals surface area contributed by atoms with Crippen molar-refractivity contribution in [2.45, 2.75) is 84.2 Å². The van der Waals surface area contributed by atoms with Crippen LogP contribution in [-0.4, -0.2) is 39.1 Å². The zero-order valence-electron chi connectivity index (χ0n) is 18.3. The number of Topliss-reactive ketones (excluding diaryl/α,β-unsaturated/α-hetero) is 1. The van der Waals surface area contributed by atoms with Crippen LogP contribution in [0.4, 0.5) is 0 Å². The standard InChI is InChI=1S/C12H20O3.C12H18O3/c2*1-2-3-4-5-10-9(8-12(14)15)6-7-11(10)13/h3-4,9-11,13H,2,5-8H2,1H3,(H,14,15);3-4,9-10H,2,5-8H2,1H3,(H,14,15)/b2*4-3-/t9-,10-,11?;9-,10-/m11/s1. The van der Waals surface area contributed by atoms with Crippen LogP contribution in [0.5, 0.6) is 0 Å². The molecular formula is C24H38O6. The molecule has 6 heteroatoms. The summed E-state index contributed by atoms with van der Waals surface area (Å²) in [6.07, 6.45) is 14.6. The molecule has 170 valence electrons. The van der Waals surface area contributed by atoms with Crippen LogP contribution in [-0.2, 0) is 14.4 Å². The zero-order chi connectivity index (χ0) is 22.5. The first-order valence-corrected chi connectivity index (χ1v) is 11.2. The van der Waals surface area contributed by atoms with Crippen LogP contribution < -0.4 is 0 Å². The molecule has 6 nitrogen and oxygen atoms in total. The summed E-state index contributed by atoms with van der Waals surface area (Å²) in [6, 6.07) is 0. The van der Waals surface area contributed by atoms with E-state index in [0.29, 0.717) is 12.8 Å². The molecule has 0 aliphatic heterocycles. The molecule has 0 aromatic carbocycles. The molecule has 0 saturated heterocycles. The molecule has 2 aliphatic rings. The van der Waals surface area contributed by atoms with Crippen LogP contribution in [0.2, 0.25) is 0 Å². The highest BCUT2D eigenvalue weighted by molar-refractivity contribution is 5.84. The van der Waals surface area contributed by atoms with Gasteiger partial charge in [0, 0.05) is 25.2 Å². The van der Waals surface area contributed by atoms with Gasteiger partial charge >= 0.3 is 11.9 Å². The van der Waals surface area contributed by atoms with Crippen molar-refractivity contribution in [1.29, 1.82) is 0 Å². The van der Waals surface area contributed by atoms with Gasteiger partial charge in [-0.3, -0.25) is 14.4 Å². The highest BCUT2D eigenvalue weighted by Crippen LogP contribution is 2.37. The lowest BCUT2D eigenvalue weighted by atomic mass is 9.89. The van der Waals surface area contributed by atoms with Crippen molar-refractivity contribution in [3.05, 3.63) is 24.3 Å². The second-order valence-electron chi connectivity index (χ2n) is 8.37. The van der Waals surface area contributed by atoms with E-state index in [1.165, 1.54) is 0 Å². The van der Waals surface area contributed by atoms with Gasteiger partial charge in [-0.15, -0.1) is 0 Å². The molecule has 0 spiro atoms. The van der Waals surface area contributed by atoms with Gasteiger partial charge in [0.15, 0.2) is 0 Å². The van der Waals surface area contributed by atoms with E-state index in [9.17, 15) is 19.5 Å². The number of hydrogen-bond acceptors (Lipinski definition) is 4. The quantitative estimate of drug-likeness (QED) is 0.443. The van der Waals surface area contributed by atoms with E-state index in [0.717, 1.165) is 38.5 Å². The Kier molecular flexibility index (Phi) is 12.3. The minimum absolute atomic E-state index is 0.0519. The fourth-order valence-electron chi connectivity index (χ4n) is 4.55. The largest absolute Gasteiger partial charge is 0.481 e. The molecule has 3 N–H and O–H groups in total. The van der Waals surface area contributed by atoms with Gasteiger partial charge in [0.2, 0.25) is 0 Å². The molecule has 2 fully saturated rings. The van der Waals surface area contributed by atoms with Crippen LogP contribution in [0, 0.1) is 23.7 Å². The highest BCUT2D eigenvalue weighted by Gasteiger charge is 2.35. The van der Waals surface area contributed by atoms with E-state index in [1.54, 1.807) is 0 Å². The van der Waals surface area contributed by atoms with Crippen molar-refractivity contribution < 1.29 is 29.7 Å². The molecule has 0 heterocycles. The molecule has 2 rings (SSSR count). The fourth-order valence-corrected chi connectivity index (χ4v) is 4.55. The second-order valence-corrected chi connectivity index (χ2v) is 8.37. The molecule has 0 aromatic heterocycles. The lowest BCUT2D eigenvalue weighted by Crippen LogP contribution is -2.20. The number of hydrogen-bond donors (Lipinski definition) is 3. The Bertz CT molecular complexity index is 609. The lowest BCUT2D eigenvalue weighted by Gasteiger charge is -2.18. The van der Waals surface area contributed by atoms with Gasteiger partial charge in [-0.1, -0.05) is 38.2 Å². The molecule has 2 aliphatic carbocycles. The van der Waals surface area contributed by atoms with Gasteiger partial charge in [0.25, 0.3) is 0 Å². The van der Waals surface area contributed by atoms with Crippen molar-refractivity contribution in [2.24, 2.45) is 23.7 Å². The second kappa shape index (κ2) is 14.1. The Labute approximate surface area is 180 Å². The van der Waals surface area contributed by atoms with Crippen LogP contribution in [0.25, 0.3) is 0 Å². The molecular weight excluding hydrogens is 384 g/mol. The fraction of sp³-hybridized carbons (Fsp3) is 0.708. The van der Waals surface area contributed by atoms with Crippen molar-refractivity contribution >= 4 is 17.7 Å². The van der Waals surface area contributed by atoms with Gasteiger partial charge in [0.05, 0.1) is 6.10 Å². The summed E-state index contributed by atoms with van der Waals surface area (Å²) in [5, 5.41) is 27.2. The number of allylic oxidation sites excluding steroid dienone is 4. The summed E-state index contributed by atoms with van der Waals surface area (Å²) in [7, 11) is 0. The first-order chi connectivity index (χ1) is 14.3. The lowest BCUT2D eigenvalue weighted by molar-refractivity contribution is -0.139. The highest BCUT2D eigenvalue weighted by atomic mass is 16.4. The van der Waals surface area contributed by atoms with Crippen molar-refractivity contribution in [3.8, 4) is 0 Å². The third kappa shape index (κ3) is 9.24. The summed E-state index contributed by atoms with van der Waals surface area (Å²) in [5.74, 6) is -1.01. The van der Waals surface area contributed by atoms with Gasteiger partial charge in [-0.05, 0) is 62.7 Å². The normalized spacial score (nSPS) is 28.8. The van der Waals surface area contributed by atoms with Gasteiger partial charge in [-0.2, -0.15) is 0 Å². The molecule has 0 aromatic rings. The Morgan fingerprint density at radius 1 is 0.867 bits per heavy atom. The van der Waals surface area contributed by atoms with Crippen LogP contribution >= 0.6 is 0 Å². The smallest absolute Gasteiger partial charge is 0.303 e.